The minimum Gasteiger partial charge on any atom is -0.329 e. The molecule has 4 N–H and O–H groups in total. The summed E-state index contributed by atoms with van der Waals surface area (Å²) in [5.41, 5.74) is 15.1. The molecule has 1 aliphatic carbocycles. The molecule has 2 aromatic rings. The van der Waals surface area contributed by atoms with Crippen LogP contribution in [0.15, 0.2) is 24.7 Å². The lowest BCUT2D eigenvalue weighted by Crippen LogP contribution is -2.62. The number of nitrogens with zero attached hydrogens (tertiary/aromatic N) is 4. The van der Waals surface area contributed by atoms with Gasteiger partial charge in [0.2, 0.25) is 5.91 Å². The van der Waals surface area contributed by atoms with Crippen molar-refractivity contribution in [1.29, 1.82) is 5.26 Å². The number of aromatic nitrogens is 3. The molecule has 8 nitrogen and oxygen atoms in total. The van der Waals surface area contributed by atoms with Crippen molar-refractivity contribution in [2.45, 2.75) is 31.2 Å². The van der Waals surface area contributed by atoms with Crippen LogP contribution < -0.4 is 16.6 Å². The van der Waals surface area contributed by atoms with Gasteiger partial charge in [-0.3, -0.25) is 19.9 Å². The van der Waals surface area contributed by atoms with Crippen molar-refractivity contribution < 1.29 is 4.79 Å². The predicted molar refractivity (Wildman–Crippen MR) is 98.8 cm³/mol. The molecule has 8 heteroatoms. The number of carbonyl (C=O) groups excluding carboxylic acids is 1. The summed E-state index contributed by atoms with van der Waals surface area (Å²) in [5.74, 6) is 0.640. The first-order valence-corrected chi connectivity index (χ1v) is 9.25. The van der Waals surface area contributed by atoms with Crippen molar-refractivity contribution in [2.24, 2.45) is 24.6 Å². The summed E-state index contributed by atoms with van der Waals surface area (Å²) >= 11 is 0. The molecular formula is C19H23N7O. The molecule has 27 heavy (non-hydrogen) atoms. The molecule has 2 aliphatic rings. The Morgan fingerprint density at radius 3 is 3.00 bits per heavy atom. The molecule has 4 rings (SSSR count). The van der Waals surface area contributed by atoms with Gasteiger partial charge in [0.1, 0.15) is 11.8 Å². The SMILES string of the molecule is Cn1ncc(-c2cncc(C3CCC4C(=O)NNC(CN)C4C3)c2)c1C#N. The standard InChI is InChI=1S/C19H23N7O/c1-26-18(7-21)16(10-23-26)13-4-12(8-22-9-13)11-2-3-14-15(5-11)17(6-20)24-25-19(14)27/h4,8-11,14-15,17,24H,2-3,5-6,20H2,1H3,(H,25,27). The van der Waals surface area contributed by atoms with Crippen molar-refractivity contribution in [2.75, 3.05) is 6.54 Å². The van der Waals surface area contributed by atoms with Crippen molar-refractivity contribution >= 4 is 5.91 Å². The number of fused-ring (bicyclic) bond motifs is 1. The highest BCUT2D eigenvalue weighted by atomic mass is 16.2. The zero-order chi connectivity index (χ0) is 19.0. The lowest BCUT2D eigenvalue weighted by atomic mass is 9.68. The van der Waals surface area contributed by atoms with E-state index in [1.165, 1.54) is 0 Å². The van der Waals surface area contributed by atoms with Gasteiger partial charge in [-0.25, -0.2) is 5.43 Å². The second-order valence-electron chi connectivity index (χ2n) is 7.41. The molecule has 140 valence electrons. The van der Waals surface area contributed by atoms with Gasteiger partial charge in [-0.1, -0.05) is 0 Å². The Balaban J connectivity index is 1.61. The van der Waals surface area contributed by atoms with Gasteiger partial charge in [0.05, 0.1) is 6.20 Å². The maximum Gasteiger partial charge on any atom is 0.237 e. The molecule has 0 radical (unpaired) electrons. The summed E-state index contributed by atoms with van der Waals surface area (Å²) in [5, 5.41) is 13.6. The van der Waals surface area contributed by atoms with Crippen LogP contribution in [0.2, 0.25) is 0 Å². The van der Waals surface area contributed by atoms with Gasteiger partial charge >= 0.3 is 0 Å². The van der Waals surface area contributed by atoms with E-state index in [0.717, 1.165) is 36.0 Å². The average Bonchev–Trinajstić information content (AvgIpc) is 3.08. The summed E-state index contributed by atoms with van der Waals surface area (Å²) < 4.78 is 1.57. The smallest absolute Gasteiger partial charge is 0.237 e. The van der Waals surface area contributed by atoms with E-state index in [4.69, 9.17) is 5.73 Å². The fraction of sp³-hybridized carbons (Fsp3) is 0.474. The monoisotopic (exact) mass is 365 g/mol. The quantitative estimate of drug-likeness (QED) is 0.740. The van der Waals surface area contributed by atoms with E-state index < -0.39 is 0 Å². The fourth-order valence-electron chi connectivity index (χ4n) is 4.49. The first-order valence-electron chi connectivity index (χ1n) is 9.25. The number of hydrogen-bond donors (Lipinski definition) is 3. The largest absolute Gasteiger partial charge is 0.329 e. The van der Waals surface area contributed by atoms with Gasteiger partial charge in [-0.15, -0.1) is 0 Å². The number of carbonyl (C=O) groups is 1. The Kier molecular flexibility index (Phi) is 4.64. The Labute approximate surface area is 157 Å². The molecule has 0 bridgehead atoms. The van der Waals surface area contributed by atoms with E-state index in [9.17, 15) is 10.1 Å². The zero-order valence-corrected chi connectivity index (χ0v) is 15.2. The molecule has 1 saturated heterocycles. The molecule has 1 amide bonds. The van der Waals surface area contributed by atoms with Gasteiger partial charge in [-0.2, -0.15) is 10.4 Å². The van der Waals surface area contributed by atoms with Crippen LogP contribution >= 0.6 is 0 Å². The molecule has 4 atom stereocenters. The summed E-state index contributed by atoms with van der Waals surface area (Å²) in [6.07, 6.45) is 8.05. The molecular weight excluding hydrogens is 342 g/mol. The molecule has 1 aliphatic heterocycles. The van der Waals surface area contributed by atoms with Gasteiger partial charge < -0.3 is 5.73 Å². The van der Waals surface area contributed by atoms with E-state index in [1.54, 1.807) is 24.1 Å². The first kappa shape index (κ1) is 17.6. The number of nitrogens with two attached hydrogens (primary N) is 1. The maximum atomic E-state index is 12.2. The van der Waals surface area contributed by atoms with Crippen LogP contribution in [0.4, 0.5) is 0 Å². The minimum atomic E-state index is 0.0238. The molecule has 1 saturated carbocycles. The highest BCUT2D eigenvalue weighted by molar-refractivity contribution is 5.79. The summed E-state index contributed by atoms with van der Waals surface area (Å²) in [6, 6.07) is 4.40. The normalized spacial score (nSPS) is 27.5. The topological polar surface area (TPSA) is 122 Å². The second-order valence-corrected chi connectivity index (χ2v) is 7.41. The van der Waals surface area contributed by atoms with Crippen LogP contribution in [0.5, 0.6) is 0 Å². The molecule has 4 unspecified atom stereocenters. The Hall–Kier alpha value is -2.76. The predicted octanol–water partition coefficient (Wildman–Crippen LogP) is 0.815. The van der Waals surface area contributed by atoms with Crippen LogP contribution in [0.1, 0.15) is 36.4 Å². The molecule has 2 aromatic heterocycles. The minimum absolute atomic E-state index is 0.0238. The van der Waals surface area contributed by atoms with Gasteiger partial charge in [0, 0.05) is 49.1 Å². The summed E-state index contributed by atoms with van der Waals surface area (Å²) in [4.78, 5) is 16.6. The summed E-state index contributed by atoms with van der Waals surface area (Å²) in [7, 11) is 1.76. The second kappa shape index (κ2) is 7.10. The third kappa shape index (κ3) is 3.09. The fourth-order valence-corrected chi connectivity index (χ4v) is 4.49. The van der Waals surface area contributed by atoms with Crippen LogP contribution in [-0.4, -0.2) is 33.3 Å². The highest BCUT2D eigenvalue weighted by Crippen LogP contribution is 2.42. The number of rotatable bonds is 3. The Bertz CT molecular complexity index is 900. The summed E-state index contributed by atoms with van der Waals surface area (Å²) in [6.45, 7) is 0.494. The van der Waals surface area contributed by atoms with Crippen LogP contribution in [0.25, 0.3) is 11.1 Å². The number of nitrogens with one attached hydrogen (secondary N) is 2. The highest BCUT2D eigenvalue weighted by Gasteiger charge is 2.42. The first-order chi connectivity index (χ1) is 13.1. The van der Waals surface area contributed by atoms with Crippen molar-refractivity contribution in [1.82, 2.24) is 25.6 Å². The van der Waals surface area contributed by atoms with Gasteiger partial charge in [0.25, 0.3) is 0 Å². The van der Waals surface area contributed by atoms with Crippen LogP contribution in [0.3, 0.4) is 0 Å². The lowest BCUT2D eigenvalue weighted by molar-refractivity contribution is -0.133. The van der Waals surface area contributed by atoms with Crippen molar-refractivity contribution in [3.8, 4) is 17.2 Å². The van der Waals surface area contributed by atoms with Crippen LogP contribution in [-0.2, 0) is 11.8 Å². The average molecular weight is 365 g/mol. The number of amides is 1. The number of nitriles is 1. The van der Waals surface area contributed by atoms with Gasteiger partial charge in [0.15, 0.2) is 0 Å². The van der Waals surface area contributed by atoms with E-state index in [-0.39, 0.29) is 23.8 Å². The molecule has 0 aromatic carbocycles. The van der Waals surface area contributed by atoms with Gasteiger partial charge in [-0.05, 0) is 42.7 Å². The van der Waals surface area contributed by atoms with Crippen LogP contribution in [0, 0.1) is 23.2 Å². The van der Waals surface area contributed by atoms with E-state index in [0.29, 0.717) is 18.2 Å². The Morgan fingerprint density at radius 1 is 1.37 bits per heavy atom. The van der Waals surface area contributed by atoms with Crippen molar-refractivity contribution in [3.63, 3.8) is 0 Å². The third-order valence-corrected chi connectivity index (χ3v) is 5.97. The maximum absolute atomic E-state index is 12.2. The molecule has 2 fully saturated rings. The number of hydrazine groups is 1. The van der Waals surface area contributed by atoms with E-state index in [2.05, 4.69) is 33.1 Å². The number of aryl methyl sites for hydroxylation is 1. The molecule has 3 heterocycles. The molecule has 0 spiro atoms. The lowest BCUT2D eigenvalue weighted by Gasteiger charge is -2.43. The number of hydrogen-bond acceptors (Lipinski definition) is 6. The third-order valence-electron chi connectivity index (χ3n) is 5.97. The van der Waals surface area contributed by atoms with Crippen molar-refractivity contribution in [3.05, 3.63) is 35.9 Å². The number of pyridine rings is 1. The Morgan fingerprint density at radius 2 is 2.22 bits per heavy atom. The zero-order valence-electron chi connectivity index (χ0n) is 15.2. The van der Waals surface area contributed by atoms with E-state index >= 15 is 0 Å². The van der Waals surface area contributed by atoms with E-state index in [1.807, 2.05) is 6.20 Å².